The van der Waals surface area contributed by atoms with Crippen molar-refractivity contribution < 1.29 is 9.59 Å². The molecule has 1 aliphatic heterocycles. The predicted molar refractivity (Wildman–Crippen MR) is 94.5 cm³/mol. The van der Waals surface area contributed by atoms with Crippen LogP contribution in [0.2, 0.25) is 5.02 Å². The molecule has 0 amide bonds. The molecule has 4 rings (SSSR count). The van der Waals surface area contributed by atoms with Gasteiger partial charge in [0.1, 0.15) is 5.69 Å². The highest BCUT2D eigenvalue weighted by molar-refractivity contribution is 8.08. The topological polar surface area (TPSA) is 52.0 Å². The van der Waals surface area contributed by atoms with Crippen LogP contribution in [0.4, 0.5) is 0 Å². The molecule has 1 aromatic heterocycles. The molecule has 2 aliphatic rings. The van der Waals surface area contributed by atoms with Crippen molar-refractivity contribution >= 4 is 40.0 Å². The van der Waals surface area contributed by atoms with Crippen molar-refractivity contribution in [2.75, 3.05) is 0 Å². The summed E-state index contributed by atoms with van der Waals surface area (Å²) in [5.41, 5.74) is 2.69. The maximum atomic E-state index is 13.1. The number of allylic oxidation sites excluding steroid dienone is 1. The summed E-state index contributed by atoms with van der Waals surface area (Å²) >= 11 is 7.63. The van der Waals surface area contributed by atoms with Gasteiger partial charge >= 0.3 is 0 Å². The van der Waals surface area contributed by atoms with Gasteiger partial charge in [-0.3, -0.25) is 9.59 Å². The van der Waals surface area contributed by atoms with Crippen molar-refractivity contribution in [3.8, 4) is 0 Å². The number of nitrogens with zero attached hydrogens (tertiary/aromatic N) is 2. The second-order valence-corrected chi connectivity index (χ2v) is 8.14. The van der Waals surface area contributed by atoms with Crippen LogP contribution in [-0.2, 0) is 16.6 Å². The van der Waals surface area contributed by atoms with Crippen molar-refractivity contribution in [3.05, 3.63) is 51.8 Å². The van der Waals surface area contributed by atoms with Gasteiger partial charge in [-0.2, -0.15) is 5.10 Å². The summed E-state index contributed by atoms with van der Waals surface area (Å²) in [7, 11) is 0. The normalized spacial score (nSPS) is 18.1. The highest BCUT2D eigenvalue weighted by Crippen LogP contribution is 2.51. The standard InChI is InChI=1S/C18H15ClN2O2S/c1-9(22)21-8-13-15(20-21)16-12(17(23)18(13,2)3)7-10-6-11(19)4-5-14(10)24-16/h4-6,8H,7H2,1-3H3. The largest absolute Gasteiger partial charge is 0.294 e. The van der Waals surface area contributed by atoms with Crippen LogP contribution in [0.1, 0.15) is 42.4 Å². The average molecular weight is 359 g/mol. The van der Waals surface area contributed by atoms with E-state index in [9.17, 15) is 9.59 Å². The fourth-order valence-electron chi connectivity index (χ4n) is 3.26. The number of hydrogen-bond acceptors (Lipinski definition) is 4. The van der Waals surface area contributed by atoms with Gasteiger partial charge in [0.15, 0.2) is 5.78 Å². The molecule has 122 valence electrons. The van der Waals surface area contributed by atoms with Crippen LogP contribution in [-0.4, -0.2) is 21.5 Å². The van der Waals surface area contributed by atoms with Crippen LogP contribution in [0.15, 0.2) is 34.9 Å². The number of Topliss-reactive ketones (excluding diaryl/α,β-unsaturated/α-hetero) is 1. The second-order valence-electron chi connectivity index (χ2n) is 6.65. The van der Waals surface area contributed by atoms with Crippen LogP contribution in [0, 0.1) is 0 Å². The van der Waals surface area contributed by atoms with E-state index in [1.165, 1.54) is 23.4 Å². The van der Waals surface area contributed by atoms with Crippen molar-refractivity contribution in [2.24, 2.45) is 0 Å². The lowest BCUT2D eigenvalue weighted by Gasteiger charge is -2.33. The van der Waals surface area contributed by atoms with Crippen LogP contribution < -0.4 is 0 Å². The average Bonchev–Trinajstić information content (AvgIpc) is 2.98. The molecule has 4 nitrogen and oxygen atoms in total. The Morgan fingerprint density at radius 3 is 2.83 bits per heavy atom. The van der Waals surface area contributed by atoms with Crippen molar-refractivity contribution in [1.29, 1.82) is 0 Å². The molecular formula is C18H15ClN2O2S. The van der Waals surface area contributed by atoms with Crippen molar-refractivity contribution in [1.82, 2.24) is 9.78 Å². The number of fused-ring (bicyclic) bond motifs is 3. The molecule has 0 saturated carbocycles. The number of thioether (sulfide) groups is 1. The molecule has 0 fully saturated rings. The molecule has 2 aromatic rings. The zero-order valence-electron chi connectivity index (χ0n) is 13.5. The molecular weight excluding hydrogens is 344 g/mol. The molecule has 0 radical (unpaired) electrons. The molecule has 0 atom stereocenters. The Kier molecular flexibility index (Phi) is 3.31. The first kappa shape index (κ1) is 15.7. The third-order valence-electron chi connectivity index (χ3n) is 4.64. The molecule has 2 heterocycles. The van der Waals surface area contributed by atoms with Crippen molar-refractivity contribution in [3.63, 3.8) is 0 Å². The number of aromatic nitrogens is 2. The molecule has 6 heteroatoms. The third-order valence-corrected chi connectivity index (χ3v) is 6.14. The summed E-state index contributed by atoms with van der Waals surface area (Å²) in [6, 6.07) is 5.73. The third kappa shape index (κ3) is 2.11. The van der Waals surface area contributed by atoms with Gasteiger partial charge in [-0.05, 0) is 37.6 Å². The van der Waals surface area contributed by atoms with E-state index in [2.05, 4.69) is 5.10 Å². The summed E-state index contributed by atoms with van der Waals surface area (Å²) in [4.78, 5) is 26.8. The first-order chi connectivity index (χ1) is 11.3. The minimum atomic E-state index is -0.696. The van der Waals surface area contributed by atoms with Crippen LogP contribution in [0.25, 0.3) is 4.91 Å². The van der Waals surface area contributed by atoms with Gasteiger partial charge < -0.3 is 0 Å². The smallest absolute Gasteiger partial charge is 0.243 e. The minimum Gasteiger partial charge on any atom is -0.294 e. The number of benzene rings is 1. The molecule has 0 N–H and O–H groups in total. The minimum absolute atomic E-state index is 0.0891. The molecule has 0 unspecified atom stereocenters. The highest BCUT2D eigenvalue weighted by Gasteiger charge is 2.44. The maximum absolute atomic E-state index is 13.1. The summed E-state index contributed by atoms with van der Waals surface area (Å²) < 4.78 is 1.33. The fraction of sp³-hybridized carbons (Fsp3) is 0.278. The Morgan fingerprint density at radius 2 is 2.12 bits per heavy atom. The van der Waals surface area contributed by atoms with Crippen LogP contribution in [0.3, 0.4) is 0 Å². The predicted octanol–water partition coefficient (Wildman–Crippen LogP) is 4.12. The molecule has 1 aromatic carbocycles. The molecule has 0 bridgehead atoms. The van der Waals surface area contributed by atoms with Gasteiger partial charge in [0, 0.05) is 45.5 Å². The maximum Gasteiger partial charge on any atom is 0.243 e. The van der Waals surface area contributed by atoms with Gasteiger partial charge in [0.2, 0.25) is 5.91 Å². The van der Waals surface area contributed by atoms with Crippen molar-refractivity contribution in [2.45, 2.75) is 37.5 Å². The number of halogens is 1. The summed E-state index contributed by atoms with van der Waals surface area (Å²) in [6.45, 7) is 5.25. The Bertz CT molecular complexity index is 956. The van der Waals surface area contributed by atoms with E-state index in [4.69, 9.17) is 11.6 Å². The fourth-order valence-corrected chi connectivity index (χ4v) is 4.61. The first-order valence-corrected chi connectivity index (χ1v) is 8.84. The van der Waals surface area contributed by atoms with E-state index in [0.29, 0.717) is 11.4 Å². The summed E-state index contributed by atoms with van der Waals surface area (Å²) in [6.07, 6.45) is 2.24. The lowest BCUT2D eigenvalue weighted by molar-refractivity contribution is -0.120. The zero-order valence-corrected chi connectivity index (χ0v) is 15.1. The lowest BCUT2D eigenvalue weighted by Crippen LogP contribution is -2.35. The molecule has 0 saturated heterocycles. The molecule has 24 heavy (non-hydrogen) atoms. The van der Waals surface area contributed by atoms with E-state index in [-0.39, 0.29) is 11.7 Å². The summed E-state index contributed by atoms with van der Waals surface area (Å²) in [5.74, 6) is -0.0750. The van der Waals surface area contributed by atoms with Gasteiger partial charge in [-0.25, -0.2) is 4.68 Å². The molecule has 1 aliphatic carbocycles. The zero-order chi connectivity index (χ0) is 17.2. The van der Waals surface area contributed by atoms with E-state index >= 15 is 0 Å². The van der Waals surface area contributed by atoms with Gasteiger partial charge in [0.05, 0.1) is 5.41 Å². The Labute approximate surface area is 148 Å². The van der Waals surface area contributed by atoms with Crippen LogP contribution >= 0.6 is 23.4 Å². The van der Waals surface area contributed by atoms with Gasteiger partial charge in [0.25, 0.3) is 0 Å². The number of ketones is 1. The molecule has 0 spiro atoms. The highest BCUT2D eigenvalue weighted by atomic mass is 35.5. The second kappa shape index (κ2) is 5.07. The van der Waals surface area contributed by atoms with E-state index < -0.39 is 5.41 Å². The number of rotatable bonds is 0. The quantitative estimate of drug-likeness (QED) is 0.711. The Hall–Kier alpha value is -1.85. The SMILES string of the molecule is CC(=O)n1cc2c(n1)C1=C(Cc3cc(Cl)ccc3S1)C(=O)C2(C)C. The lowest BCUT2D eigenvalue weighted by atomic mass is 9.73. The van der Waals surface area contributed by atoms with Gasteiger partial charge in [-0.15, -0.1) is 0 Å². The monoisotopic (exact) mass is 358 g/mol. The number of hydrogen-bond donors (Lipinski definition) is 0. The van der Waals surface area contributed by atoms with Gasteiger partial charge in [-0.1, -0.05) is 23.4 Å². The Balaban J connectivity index is 1.93. The van der Waals surface area contributed by atoms with E-state index in [1.807, 2.05) is 32.0 Å². The first-order valence-electron chi connectivity index (χ1n) is 7.64. The van der Waals surface area contributed by atoms with Crippen LogP contribution in [0.5, 0.6) is 0 Å². The number of carbonyl (C=O) groups excluding carboxylic acids is 2. The summed E-state index contributed by atoms with van der Waals surface area (Å²) in [5, 5.41) is 5.13. The van der Waals surface area contributed by atoms with E-state index in [1.54, 1.807) is 6.20 Å². The number of carbonyl (C=O) groups is 2. The van der Waals surface area contributed by atoms with E-state index in [0.717, 1.165) is 32.2 Å². The Morgan fingerprint density at radius 1 is 1.38 bits per heavy atom.